The maximum atomic E-state index is 12.5. The van der Waals surface area contributed by atoms with E-state index in [2.05, 4.69) is 27.3 Å². The first kappa shape index (κ1) is 24.7. The van der Waals surface area contributed by atoms with E-state index >= 15 is 0 Å². The summed E-state index contributed by atoms with van der Waals surface area (Å²) in [6, 6.07) is 8.26. The normalized spacial score (nSPS) is 14.6. The Kier molecular flexibility index (Phi) is 10.8. The Labute approximate surface area is 182 Å². The van der Waals surface area contributed by atoms with Gasteiger partial charge >= 0.3 is 0 Å². The van der Waals surface area contributed by atoms with Crippen LogP contribution >= 0.6 is 36.2 Å². The van der Waals surface area contributed by atoms with Crippen molar-refractivity contribution in [2.24, 2.45) is 5.73 Å². The lowest BCUT2D eigenvalue weighted by Crippen LogP contribution is -2.36. The van der Waals surface area contributed by atoms with Crippen molar-refractivity contribution in [2.75, 3.05) is 33.3 Å². The van der Waals surface area contributed by atoms with E-state index in [9.17, 15) is 4.79 Å². The van der Waals surface area contributed by atoms with Gasteiger partial charge in [-0.15, -0.1) is 36.2 Å². The second-order valence-corrected chi connectivity index (χ2v) is 7.35. The van der Waals surface area contributed by atoms with Gasteiger partial charge in [0.2, 0.25) is 0 Å². The molecule has 1 amide bonds. The van der Waals surface area contributed by atoms with Crippen molar-refractivity contribution >= 4 is 42.1 Å². The fraction of sp³-hybridized carbons (Fsp3) is 0.474. The van der Waals surface area contributed by atoms with Gasteiger partial charge in [-0.2, -0.15) is 0 Å². The zero-order valence-corrected chi connectivity index (χ0v) is 18.4. The van der Waals surface area contributed by atoms with Crippen LogP contribution in [-0.2, 0) is 6.42 Å². The average molecular weight is 447 g/mol. The van der Waals surface area contributed by atoms with Gasteiger partial charge in [0.05, 0.1) is 18.2 Å². The predicted molar refractivity (Wildman–Crippen MR) is 118 cm³/mol. The van der Waals surface area contributed by atoms with E-state index in [4.69, 9.17) is 10.5 Å². The van der Waals surface area contributed by atoms with Gasteiger partial charge in [-0.1, -0.05) is 12.1 Å². The molecular formula is C19H28Cl2N4O2S. The predicted octanol–water partition coefficient (Wildman–Crippen LogP) is 3.06. The van der Waals surface area contributed by atoms with Gasteiger partial charge in [0.1, 0.15) is 11.4 Å². The molecule has 1 aromatic heterocycles. The second kappa shape index (κ2) is 12.2. The standard InChI is InChI=1S/C19H26N4O2S.2ClH/c1-25-15-6-4-14(5-7-15)17(23-10-2-3-11-23)12-21-19(24)16-13-26-18(22-16)8-9-20;;/h4-7,13,17H,2-3,8-12,20H2,1H3,(H,21,24);2*1H. The van der Waals surface area contributed by atoms with Gasteiger partial charge in [0, 0.05) is 18.3 Å². The topological polar surface area (TPSA) is 80.5 Å². The van der Waals surface area contributed by atoms with Gasteiger partial charge in [0.15, 0.2) is 0 Å². The fourth-order valence-corrected chi connectivity index (χ4v) is 4.06. The van der Waals surface area contributed by atoms with Crippen molar-refractivity contribution < 1.29 is 9.53 Å². The highest BCUT2D eigenvalue weighted by Crippen LogP contribution is 2.26. The first-order valence-electron chi connectivity index (χ1n) is 9.02. The summed E-state index contributed by atoms with van der Waals surface area (Å²) in [6.45, 7) is 3.23. The Balaban J connectivity index is 0.00000196. The maximum Gasteiger partial charge on any atom is 0.270 e. The quantitative estimate of drug-likeness (QED) is 0.650. The molecule has 1 fully saturated rings. The van der Waals surface area contributed by atoms with E-state index in [1.807, 2.05) is 12.1 Å². The number of hydrogen-bond acceptors (Lipinski definition) is 6. The van der Waals surface area contributed by atoms with Crippen LogP contribution in [0.4, 0.5) is 0 Å². The number of methoxy groups -OCH3 is 1. The molecule has 1 aromatic carbocycles. The molecule has 156 valence electrons. The highest BCUT2D eigenvalue weighted by Gasteiger charge is 2.24. The minimum absolute atomic E-state index is 0. The molecule has 6 nitrogen and oxygen atoms in total. The number of aromatic nitrogens is 1. The fourth-order valence-electron chi connectivity index (χ4n) is 3.27. The third-order valence-electron chi connectivity index (χ3n) is 4.68. The Morgan fingerprint density at radius 2 is 1.96 bits per heavy atom. The van der Waals surface area contributed by atoms with Crippen LogP contribution in [0.5, 0.6) is 5.75 Å². The molecule has 9 heteroatoms. The average Bonchev–Trinajstić information content (AvgIpc) is 3.35. The lowest BCUT2D eigenvalue weighted by atomic mass is 10.1. The van der Waals surface area contributed by atoms with E-state index in [-0.39, 0.29) is 36.8 Å². The molecule has 0 radical (unpaired) electrons. The highest BCUT2D eigenvalue weighted by atomic mass is 35.5. The molecular weight excluding hydrogens is 419 g/mol. The molecule has 1 atom stereocenters. The van der Waals surface area contributed by atoms with Crippen LogP contribution in [0, 0.1) is 0 Å². The molecule has 1 saturated heterocycles. The minimum atomic E-state index is -0.123. The zero-order valence-electron chi connectivity index (χ0n) is 15.9. The number of benzene rings is 1. The third-order valence-corrected chi connectivity index (χ3v) is 5.59. The SMILES string of the molecule is COc1ccc(C(CNC(=O)c2csc(CCN)n2)N2CCCC2)cc1.Cl.Cl. The van der Waals surface area contributed by atoms with Gasteiger partial charge in [-0.3, -0.25) is 9.69 Å². The van der Waals surface area contributed by atoms with Crippen molar-refractivity contribution in [3.63, 3.8) is 0 Å². The molecule has 0 saturated carbocycles. The van der Waals surface area contributed by atoms with Crippen LogP contribution in [0.3, 0.4) is 0 Å². The van der Waals surface area contributed by atoms with Crippen molar-refractivity contribution in [3.05, 3.63) is 45.9 Å². The van der Waals surface area contributed by atoms with Crippen molar-refractivity contribution in [3.8, 4) is 5.75 Å². The number of likely N-dealkylation sites (tertiary alicyclic amines) is 1. The minimum Gasteiger partial charge on any atom is -0.497 e. The number of nitrogens with zero attached hydrogens (tertiary/aromatic N) is 2. The van der Waals surface area contributed by atoms with Gasteiger partial charge < -0.3 is 15.8 Å². The molecule has 0 aliphatic carbocycles. The zero-order chi connectivity index (χ0) is 18.4. The summed E-state index contributed by atoms with van der Waals surface area (Å²) in [6.07, 6.45) is 3.12. The number of ether oxygens (including phenoxy) is 1. The lowest BCUT2D eigenvalue weighted by Gasteiger charge is -2.28. The first-order valence-corrected chi connectivity index (χ1v) is 9.90. The molecule has 0 bridgehead atoms. The summed E-state index contributed by atoms with van der Waals surface area (Å²) in [5.41, 5.74) is 7.22. The van der Waals surface area contributed by atoms with Crippen molar-refractivity contribution in [1.82, 2.24) is 15.2 Å². The van der Waals surface area contributed by atoms with Gasteiger partial charge in [-0.25, -0.2) is 4.98 Å². The molecule has 3 rings (SSSR count). The molecule has 2 heterocycles. The molecule has 0 spiro atoms. The Hall–Kier alpha value is -1.38. The van der Waals surface area contributed by atoms with Crippen LogP contribution in [-0.4, -0.2) is 49.1 Å². The van der Waals surface area contributed by atoms with Crippen LogP contribution in [0.2, 0.25) is 0 Å². The Bertz CT molecular complexity index is 721. The van der Waals surface area contributed by atoms with E-state index in [0.29, 0.717) is 25.2 Å². The summed E-state index contributed by atoms with van der Waals surface area (Å²) in [5.74, 6) is 0.718. The number of nitrogens with two attached hydrogens (primary N) is 1. The number of carbonyl (C=O) groups is 1. The molecule has 1 aliphatic heterocycles. The highest BCUT2D eigenvalue weighted by molar-refractivity contribution is 7.09. The van der Waals surface area contributed by atoms with E-state index in [1.165, 1.54) is 29.7 Å². The molecule has 1 aliphatic rings. The van der Waals surface area contributed by atoms with E-state index in [1.54, 1.807) is 12.5 Å². The summed E-state index contributed by atoms with van der Waals surface area (Å²) < 4.78 is 5.25. The van der Waals surface area contributed by atoms with Crippen LogP contribution in [0.25, 0.3) is 0 Å². The largest absolute Gasteiger partial charge is 0.497 e. The van der Waals surface area contributed by atoms with Crippen LogP contribution in [0.1, 0.15) is 39.9 Å². The van der Waals surface area contributed by atoms with E-state index in [0.717, 1.165) is 23.8 Å². The smallest absolute Gasteiger partial charge is 0.270 e. The summed E-state index contributed by atoms with van der Waals surface area (Å²) in [4.78, 5) is 19.3. The molecule has 2 aromatic rings. The van der Waals surface area contributed by atoms with Gasteiger partial charge in [-0.05, 0) is 50.2 Å². The summed E-state index contributed by atoms with van der Waals surface area (Å²) in [7, 11) is 1.67. The summed E-state index contributed by atoms with van der Waals surface area (Å²) >= 11 is 1.49. The summed E-state index contributed by atoms with van der Waals surface area (Å²) in [5, 5.41) is 5.77. The Morgan fingerprint density at radius 1 is 1.29 bits per heavy atom. The number of hydrogen-bond donors (Lipinski definition) is 2. The number of rotatable bonds is 8. The Morgan fingerprint density at radius 3 is 2.57 bits per heavy atom. The monoisotopic (exact) mass is 446 g/mol. The number of nitrogens with one attached hydrogen (secondary N) is 1. The maximum absolute atomic E-state index is 12.5. The number of thiazole rings is 1. The van der Waals surface area contributed by atoms with Crippen molar-refractivity contribution in [1.29, 1.82) is 0 Å². The molecule has 1 unspecified atom stereocenters. The van der Waals surface area contributed by atoms with Crippen LogP contribution < -0.4 is 15.8 Å². The van der Waals surface area contributed by atoms with Crippen molar-refractivity contribution in [2.45, 2.75) is 25.3 Å². The number of halogens is 2. The third kappa shape index (κ3) is 6.32. The second-order valence-electron chi connectivity index (χ2n) is 6.41. The first-order chi connectivity index (χ1) is 12.7. The number of amides is 1. The molecule has 28 heavy (non-hydrogen) atoms. The lowest BCUT2D eigenvalue weighted by molar-refractivity contribution is 0.0933. The van der Waals surface area contributed by atoms with Crippen LogP contribution in [0.15, 0.2) is 29.6 Å². The van der Waals surface area contributed by atoms with E-state index < -0.39 is 0 Å². The molecule has 3 N–H and O–H groups in total. The van der Waals surface area contributed by atoms with Gasteiger partial charge in [0.25, 0.3) is 5.91 Å². The number of carbonyl (C=O) groups excluding carboxylic acids is 1.